The van der Waals surface area contributed by atoms with Crippen molar-refractivity contribution in [1.82, 2.24) is 15.1 Å². The van der Waals surface area contributed by atoms with Crippen LogP contribution < -0.4 is 11.1 Å². The summed E-state index contributed by atoms with van der Waals surface area (Å²) in [5, 5.41) is 3.55. The summed E-state index contributed by atoms with van der Waals surface area (Å²) in [6.45, 7) is 9.18. The van der Waals surface area contributed by atoms with Gasteiger partial charge in [0.15, 0.2) is 0 Å². The van der Waals surface area contributed by atoms with E-state index in [9.17, 15) is 0 Å². The zero-order chi connectivity index (χ0) is 22.5. The number of nitrogens with one attached hydrogen (secondary N) is 1. The van der Waals surface area contributed by atoms with E-state index < -0.39 is 0 Å². The number of piperazine rings is 1. The highest BCUT2D eigenvalue weighted by Gasteiger charge is 2.22. The summed E-state index contributed by atoms with van der Waals surface area (Å²) >= 11 is 0. The Morgan fingerprint density at radius 2 is 1.94 bits per heavy atom. The van der Waals surface area contributed by atoms with Crippen molar-refractivity contribution >= 4 is 29.3 Å². The molecule has 0 aliphatic carbocycles. The maximum absolute atomic E-state index is 5.94. The number of likely N-dealkylation sites (N-methyl/N-ethyl adjacent to an activating group) is 1. The van der Waals surface area contributed by atoms with Crippen LogP contribution >= 0.6 is 0 Å². The minimum Gasteiger partial charge on any atom is -0.399 e. The molecule has 1 aromatic rings. The Bertz CT molecular complexity index is 978. The van der Waals surface area contributed by atoms with Crippen molar-refractivity contribution in [3.05, 3.63) is 47.2 Å². The van der Waals surface area contributed by atoms with Gasteiger partial charge < -0.3 is 20.9 Å². The summed E-state index contributed by atoms with van der Waals surface area (Å²) in [5.41, 5.74) is 11.3. The highest BCUT2D eigenvalue weighted by molar-refractivity contribution is 5.98. The smallest absolute Gasteiger partial charge is 0.224 e. The first-order valence-corrected chi connectivity index (χ1v) is 11.6. The van der Waals surface area contributed by atoms with Crippen LogP contribution in [0, 0.1) is 0 Å². The standard InChI is InChI=1S/C25H35N7/c1-18-7-10-24(32-13-11-31(3)12-14-32)30-25(28-22-15-19(2)27-17-22)29-23(18)9-8-20-5-4-6-21(26)16-20/h4-6,8-9,16,22H,7,10-15,17,26H2,1-3H3,(H,28,29)/b9-8+,23-18?,30-24?. The zero-order valence-electron chi connectivity index (χ0n) is 19.5. The van der Waals surface area contributed by atoms with Crippen LogP contribution in [-0.2, 0) is 0 Å². The molecular weight excluding hydrogens is 398 g/mol. The molecule has 3 aliphatic heterocycles. The highest BCUT2D eigenvalue weighted by Crippen LogP contribution is 2.19. The summed E-state index contributed by atoms with van der Waals surface area (Å²) in [4.78, 5) is 19.4. The fourth-order valence-corrected chi connectivity index (χ4v) is 4.24. The summed E-state index contributed by atoms with van der Waals surface area (Å²) in [7, 11) is 2.18. The predicted molar refractivity (Wildman–Crippen MR) is 135 cm³/mol. The molecular formula is C25H35N7. The van der Waals surface area contributed by atoms with Crippen LogP contribution in [0.1, 0.15) is 38.7 Å². The lowest BCUT2D eigenvalue weighted by molar-refractivity contribution is 0.213. The normalized spacial score (nSPS) is 24.4. The molecule has 170 valence electrons. The number of hydrogen-bond acceptors (Lipinski definition) is 5. The van der Waals surface area contributed by atoms with Gasteiger partial charge in [-0.3, -0.25) is 4.99 Å². The lowest BCUT2D eigenvalue weighted by atomic mass is 10.1. The minimum absolute atomic E-state index is 0.161. The molecule has 0 radical (unpaired) electrons. The lowest BCUT2D eigenvalue weighted by Gasteiger charge is -2.35. The molecule has 0 amide bonds. The molecule has 0 spiro atoms. The van der Waals surface area contributed by atoms with E-state index in [0.717, 1.165) is 74.8 Å². The first-order valence-electron chi connectivity index (χ1n) is 11.6. The molecule has 3 aliphatic rings. The van der Waals surface area contributed by atoms with Gasteiger partial charge >= 0.3 is 0 Å². The third-order valence-electron chi connectivity index (χ3n) is 6.29. The third-order valence-corrected chi connectivity index (χ3v) is 6.29. The predicted octanol–water partition coefficient (Wildman–Crippen LogP) is 3.17. The topological polar surface area (TPSA) is 81.6 Å². The molecule has 1 unspecified atom stereocenters. The van der Waals surface area contributed by atoms with Crippen LogP contribution in [-0.4, -0.2) is 73.1 Å². The van der Waals surface area contributed by atoms with Crippen molar-refractivity contribution in [3.63, 3.8) is 0 Å². The van der Waals surface area contributed by atoms with E-state index in [4.69, 9.17) is 15.7 Å². The number of guanidine groups is 1. The monoisotopic (exact) mass is 433 g/mol. The number of nitrogens with zero attached hydrogens (tertiary/aromatic N) is 5. The van der Waals surface area contributed by atoms with Crippen LogP contribution in [0.3, 0.4) is 0 Å². The Balaban J connectivity index is 1.59. The van der Waals surface area contributed by atoms with E-state index in [1.165, 1.54) is 11.3 Å². The van der Waals surface area contributed by atoms with E-state index in [-0.39, 0.29) is 6.04 Å². The molecule has 4 rings (SSSR count). The van der Waals surface area contributed by atoms with E-state index in [1.54, 1.807) is 0 Å². The number of anilines is 1. The van der Waals surface area contributed by atoms with Crippen molar-refractivity contribution in [2.45, 2.75) is 39.2 Å². The van der Waals surface area contributed by atoms with Crippen molar-refractivity contribution < 1.29 is 0 Å². The van der Waals surface area contributed by atoms with E-state index in [1.807, 2.05) is 18.2 Å². The molecule has 7 nitrogen and oxygen atoms in total. The van der Waals surface area contributed by atoms with Gasteiger partial charge in [-0.25, -0.2) is 9.98 Å². The molecule has 1 saturated heterocycles. The molecule has 7 heteroatoms. The number of aliphatic imine (C=N–C) groups is 3. The number of allylic oxidation sites excluding steroid dienone is 2. The largest absolute Gasteiger partial charge is 0.399 e. The van der Waals surface area contributed by atoms with Gasteiger partial charge in [0.25, 0.3) is 0 Å². The van der Waals surface area contributed by atoms with Gasteiger partial charge in [-0.05, 0) is 56.7 Å². The Morgan fingerprint density at radius 1 is 1.12 bits per heavy atom. The molecule has 3 heterocycles. The van der Waals surface area contributed by atoms with Crippen molar-refractivity contribution in [1.29, 1.82) is 0 Å². The quantitative estimate of drug-likeness (QED) is 0.718. The molecule has 1 fully saturated rings. The van der Waals surface area contributed by atoms with Crippen LogP contribution in [0.25, 0.3) is 6.08 Å². The van der Waals surface area contributed by atoms with E-state index in [0.29, 0.717) is 5.96 Å². The Morgan fingerprint density at radius 3 is 2.66 bits per heavy atom. The van der Waals surface area contributed by atoms with Crippen molar-refractivity contribution in [3.8, 4) is 0 Å². The van der Waals surface area contributed by atoms with Gasteiger partial charge in [0.05, 0.1) is 12.6 Å². The van der Waals surface area contributed by atoms with Crippen LogP contribution in [0.4, 0.5) is 5.69 Å². The number of nitrogens with two attached hydrogens (primary N) is 1. The zero-order valence-corrected chi connectivity index (χ0v) is 19.5. The van der Waals surface area contributed by atoms with E-state index >= 15 is 0 Å². The summed E-state index contributed by atoms with van der Waals surface area (Å²) in [6, 6.07) is 8.08. The average Bonchev–Trinajstić information content (AvgIpc) is 3.17. The maximum Gasteiger partial charge on any atom is 0.224 e. The van der Waals surface area contributed by atoms with E-state index in [2.05, 4.69) is 59.2 Å². The van der Waals surface area contributed by atoms with Gasteiger partial charge in [-0.2, -0.15) is 0 Å². The second kappa shape index (κ2) is 10.1. The molecule has 3 N–H and O–H groups in total. The van der Waals surface area contributed by atoms with Gasteiger partial charge in [0.1, 0.15) is 5.84 Å². The van der Waals surface area contributed by atoms with Crippen molar-refractivity contribution in [2.75, 3.05) is 45.5 Å². The van der Waals surface area contributed by atoms with Gasteiger partial charge in [0, 0.05) is 56.1 Å². The minimum atomic E-state index is 0.161. The molecule has 1 aromatic carbocycles. The first-order chi connectivity index (χ1) is 15.5. The Hall–Kier alpha value is -2.93. The highest BCUT2D eigenvalue weighted by atomic mass is 15.3. The Kier molecular flexibility index (Phi) is 7.05. The van der Waals surface area contributed by atoms with Gasteiger partial charge in [-0.1, -0.05) is 18.2 Å². The second-order valence-electron chi connectivity index (χ2n) is 9.03. The van der Waals surface area contributed by atoms with Gasteiger partial charge in [0.2, 0.25) is 5.96 Å². The molecule has 0 bridgehead atoms. The first kappa shape index (κ1) is 22.3. The fourth-order valence-electron chi connectivity index (χ4n) is 4.24. The van der Waals surface area contributed by atoms with Gasteiger partial charge in [-0.15, -0.1) is 0 Å². The molecule has 0 aromatic heterocycles. The fraction of sp³-hybridized carbons (Fsp3) is 0.480. The number of benzene rings is 1. The second-order valence-corrected chi connectivity index (χ2v) is 9.03. The number of hydrogen-bond donors (Lipinski definition) is 2. The maximum atomic E-state index is 5.94. The van der Waals surface area contributed by atoms with Crippen LogP contribution in [0.15, 0.2) is 56.6 Å². The number of nitrogen functional groups attached to an aromatic ring is 1. The lowest BCUT2D eigenvalue weighted by Crippen LogP contribution is -2.48. The van der Waals surface area contributed by atoms with Crippen LogP contribution in [0.2, 0.25) is 0 Å². The molecule has 1 atom stereocenters. The third kappa shape index (κ3) is 5.85. The Labute approximate surface area is 191 Å². The molecule has 0 saturated carbocycles. The van der Waals surface area contributed by atoms with Crippen molar-refractivity contribution in [2.24, 2.45) is 15.0 Å². The summed E-state index contributed by atoms with van der Waals surface area (Å²) in [6.07, 6.45) is 7.00. The number of amidine groups is 1. The number of rotatable bonds is 3. The SMILES string of the molecule is CC1=NCC(N=C2N=C(N3CCN(C)CC3)CCC(C)=C(/C=C/c3cccc(N)c3)N2)C1. The average molecular weight is 434 g/mol. The summed E-state index contributed by atoms with van der Waals surface area (Å²) < 4.78 is 0. The van der Waals surface area contributed by atoms with Crippen LogP contribution in [0.5, 0.6) is 0 Å². The summed E-state index contributed by atoms with van der Waals surface area (Å²) in [5.74, 6) is 1.83. The molecule has 32 heavy (non-hydrogen) atoms.